The van der Waals surface area contributed by atoms with Crippen LogP contribution in [0.4, 0.5) is 5.13 Å². The van der Waals surface area contributed by atoms with Crippen molar-refractivity contribution in [1.82, 2.24) is 4.98 Å². The molecule has 0 bridgehead atoms. The van der Waals surface area contributed by atoms with Gasteiger partial charge in [-0.1, -0.05) is 30.3 Å². The van der Waals surface area contributed by atoms with Crippen LogP contribution in [0.3, 0.4) is 0 Å². The van der Waals surface area contributed by atoms with Gasteiger partial charge < -0.3 is 15.5 Å². The minimum Gasteiger partial charge on any atom is -0.453 e. The van der Waals surface area contributed by atoms with Gasteiger partial charge in [0, 0.05) is 21.8 Å². The predicted molar refractivity (Wildman–Crippen MR) is 121 cm³/mol. The van der Waals surface area contributed by atoms with Crippen molar-refractivity contribution < 1.29 is 4.74 Å². The molecule has 1 aliphatic carbocycles. The minimum atomic E-state index is 0.238. The Morgan fingerprint density at radius 3 is 2.48 bits per heavy atom. The highest BCUT2D eigenvalue weighted by molar-refractivity contribution is 7.97. The highest BCUT2D eigenvalue weighted by Gasteiger charge is 2.32. The third-order valence-corrected chi connectivity index (χ3v) is 5.97. The number of ether oxygens (including phenoxy) is 1. The molecule has 1 saturated carbocycles. The summed E-state index contributed by atoms with van der Waals surface area (Å²) < 4.78 is 6.29. The van der Waals surface area contributed by atoms with E-state index in [4.69, 9.17) is 15.3 Å². The van der Waals surface area contributed by atoms with E-state index in [0.717, 1.165) is 39.8 Å². The van der Waals surface area contributed by atoms with Gasteiger partial charge in [0.25, 0.3) is 0 Å². The summed E-state index contributed by atoms with van der Waals surface area (Å²) in [6, 6.07) is 17.6. The van der Waals surface area contributed by atoms with Gasteiger partial charge in [0.15, 0.2) is 10.9 Å². The Balaban J connectivity index is 1.78. The average Bonchev–Trinajstić information content (AvgIpc) is 3.53. The quantitative estimate of drug-likeness (QED) is 0.246. The fourth-order valence-electron chi connectivity index (χ4n) is 2.89. The van der Waals surface area contributed by atoms with Crippen LogP contribution in [0.2, 0.25) is 0 Å². The average molecular weight is 423 g/mol. The monoisotopic (exact) mass is 422 g/mol. The number of nitrogens with zero attached hydrogens (tertiary/aromatic N) is 1. The van der Waals surface area contributed by atoms with Gasteiger partial charge in [0.05, 0.1) is 17.1 Å². The van der Waals surface area contributed by atoms with Crippen LogP contribution in [0.5, 0.6) is 5.75 Å². The zero-order chi connectivity index (χ0) is 20.2. The number of rotatable bonds is 8. The molecule has 0 radical (unpaired) electrons. The van der Waals surface area contributed by atoms with Crippen molar-refractivity contribution in [2.45, 2.75) is 24.7 Å². The second-order valence-corrected chi connectivity index (χ2v) is 8.43. The maximum absolute atomic E-state index is 8.78. The molecule has 1 aliphatic rings. The molecule has 3 aromatic rings. The molecule has 148 valence electrons. The number of thiazole rings is 1. The van der Waals surface area contributed by atoms with Crippen molar-refractivity contribution in [1.29, 1.82) is 5.41 Å². The standard InChI is InChI=1S/C22H22N4OS2/c1-14-13-28-22(25-14)26-20(16-5-3-2-4-6-16)21(19(23)15-7-8-15)27-17-9-11-18(29-24)12-10-17/h2-6,9-13,15,23H,7-8,24H2,1H3,(H,25,26)/b21-20+,23-19?. The van der Waals surface area contributed by atoms with Gasteiger partial charge >= 0.3 is 0 Å². The Hall–Kier alpha value is -2.61. The molecule has 4 N–H and O–H groups in total. The van der Waals surface area contributed by atoms with Gasteiger partial charge in [-0.05, 0) is 56.0 Å². The van der Waals surface area contributed by atoms with Crippen molar-refractivity contribution >= 4 is 39.8 Å². The number of hydrogen-bond donors (Lipinski definition) is 3. The molecule has 29 heavy (non-hydrogen) atoms. The summed E-state index contributed by atoms with van der Waals surface area (Å²) in [7, 11) is 0. The zero-order valence-electron chi connectivity index (χ0n) is 16.0. The smallest absolute Gasteiger partial charge is 0.187 e. The molecular weight excluding hydrogens is 400 g/mol. The SMILES string of the molecule is Cc1csc(N/C(=C(/Oc2ccc(SN)cc2)C(=N)C2CC2)c2ccccc2)n1. The Morgan fingerprint density at radius 2 is 1.90 bits per heavy atom. The van der Waals surface area contributed by atoms with Crippen molar-refractivity contribution in [2.75, 3.05) is 5.32 Å². The number of nitrogens with two attached hydrogens (primary N) is 1. The van der Waals surface area contributed by atoms with Crippen LogP contribution in [0, 0.1) is 18.3 Å². The summed E-state index contributed by atoms with van der Waals surface area (Å²) in [6.07, 6.45) is 2.04. The van der Waals surface area contributed by atoms with E-state index >= 15 is 0 Å². The minimum absolute atomic E-state index is 0.238. The molecule has 1 aromatic heterocycles. The Morgan fingerprint density at radius 1 is 1.17 bits per heavy atom. The molecule has 0 atom stereocenters. The molecule has 0 unspecified atom stereocenters. The molecule has 7 heteroatoms. The number of anilines is 1. The van der Waals surface area contributed by atoms with Crippen LogP contribution >= 0.6 is 23.3 Å². The van der Waals surface area contributed by atoms with Gasteiger partial charge in [-0.25, -0.2) is 4.98 Å². The first-order valence-corrected chi connectivity index (χ1v) is 11.1. The molecular formula is C22H22N4OS2. The second kappa shape index (κ2) is 8.82. The third-order valence-electron chi connectivity index (χ3n) is 4.55. The number of nitrogens with one attached hydrogen (secondary N) is 2. The summed E-state index contributed by atoms with van der Waals surface area (Å²) in [5.41, 5.74) is 3.19. The van der Waals surface area contributed by atoms with E-state index in [1.165, 1.54) is 23.3 Å². The van der Waals surface area contributed by atoms with Crippen molar-refractivity contribution in [3.63, 3.8) is 0 Å². The number of hydrogen-bond acceptors (Lipinski definition) is 7. The van der Waals surface area contributed by atoms with Gasteiger partial charge in [-0.2, -0.15) is 0 Å². The summed E-state index contributed by atoms with van der Waals surface area (Å²) >= 11 is 2.73. The Bertz CT molecular complexity index is 1020. The normalized spacial score (nSPS) is 14.3. The molecule has 0 aliphatic heterocycles. The van der Waals surface area contributed by atoms with Gasteiger partial charge in [0.1, 0.15) is 5.75 Å². The highest BCUT2D eigenvalue weighted by atomic mass is 32.2. The van der Waals surface area contributed by atoms with Gasteiger partial charge in [0.2, 0.25) is 0 Å². The first kappa shape index (κ1) is 19.7. The van der Waals surface area contributed by atoms with Crippen molar-refractivity contribution in [2.24, 2.45) is 11.1 Å². The van der Waals surface area contributed by atoms with Crippen molar-refractivity contribution in [3.8, 4) is 5.75 Å². The number of benzene rings is 2. The van der Waals surface area contributed by atoms with E-state index in [1.54, 1.807) is 0 Å². The van der Waals surface area contributed by atoms with E-state index in [0.29, 0.717) is 17.2 Å². The fraction of sp³-hybridized carbons (Fsp3) is 0.182. The summed E-state index contributed by atoms with van der Waals surface area (Å²) in [5, 5.41) is 20.6. The molecule has 2 aromatic carbocycles. The molecule has 1 fully saturated rings. The maximum Gasteiger partial charge on any atom is 0.187 e. The Labute approximate surface area is 178 Å². The molecule has 5 nitrogen and oxygen atoms in total. The van der Waals surface area contributed by atoms with Crippen LogP contribution in [-0.2, 0) is 0 Å². The van der Waals surface area contributed by atoms with Gasteiger partial charge in [-0.15, -0.1) is 11.3 Å². The van der Waals surface area contributed by atoms with E-state index in [-0.39, 0.29) is 5.92 Å². The lowest BCUT2D eigenvalue weighted by molar-refractivity contribution is 0.452. The van der Waals surface area contributed by atoms with Crippen LogP contribution in [0.25, 0.3) is 5.70 Å². The summed E-state index contributed by atoms with van der Waals surface area (Å²) in [6.45, 7) is 1.97. The molecule has 0 amide bonds. The number of aryl methyl sites for hydroxylation is 1. The number of aromatic nitrogens is 1. The fourth-order valence-corrected chi connectivity index (χ4v) is 3.87. The first-order chi connectivity index (χ1) is 14.1. The lowest BCUT2D eigenvalue weighted by atomic mass is 10.1. The molecule has 1 heterocycles. The summed E-state index contributed by atoms with van der Waals surface area (Å²) in [4.78, 5) is 5.50. The van der Waals surface area contributed by atoms with Crippen LogP contribution < -0.4 is 15.2 Å². The maximum atomic E-state index is 8.78. The topological polar surface area (TPSA) is 84.0 Å². The van der Waals surface area contributed by atoms with Gasteiger partial charge in [-0.3, -0.25) is 5.14 Å². The molecule has 0 spiro atoms. The second-order valence-electron chi connectivity index (χ2n) is 6.87. The summed E-state index contributed by atoms with van der Waals surface area (Å²) in [5.74, 6) is 1.45. The van der Waals surface area contributed by atoms with E-state index in [2.05, 4.69) is 10.3 Å². The first-order valence-electron chi connectivity index (χ1n) is 9.36. The zero-order valence-corrected chi connectivity index (χ0v) is 17.6. The van der Waals surface area contributed by atoms with Crippen molar-refractivity contribution in [3.05, 3.63) is 77.0 Å². The lowest BCUT2D eigenvalue weighted by Gasteiger charge is -2.18. The van der Waals surface area contributed by atoms with E-state index < -0.39 is 0 Å². The van der Waals surface area contributed by atoms with Crippen LogP contribution in [-0.4, -0.2) is 10.7 Å². The third kappa shape index (κ3) is 4.87. The molecule has 0 saturated heterocycles. The highest BCUT2D eigenvalue weighted by Crippen LogP contribution is 2.36. The van der Waals surface area contributed by atoms with E-state index in [9.17, 15) is 0 Å². The predicted octanol–water partition coefficient (Wildman–Crippen LogP) is 5.71. The largest absolute Gasteiger partial charge is 0.453 e. The van der Waals surface area contributed by atoms with Crippen LogP contribution in [0.15, 0.2) is 70.6 Å². The Kier molecular flexibility index (Phi) is 5.99. The number of allylic oxidation sites excluding steroid dienone is 1. The lowest BCUT2D eigenvalue weighted by Crippen LogP contribution is -2.16. The van der Waals surface area contributed by atoms with E-state index in [1.807, 2.05) is 66.9 Å². The van der Waals surface area contributed by atoms with Crippen LogP contribution in [0.1, 0.15) is 24.1 Å². The molecule has 4 rings (SSSR count).